The summed E-state index contributed by atoms with van der Waals surface area (Å²) in [6.07, 6.45) is 7.36. The van der Waals surface area contributed by atoms with Crippen LogP contribution in [-0.4, -0.2) is 63.5 Å². The lowest BCUT2D eigenvalue weighted by atomic mass is 10.1. The fourth-order valence-corrected chi connectivity index (χ4v) is 3.73. The third kappa shape index (κ3) is 4.63. The van der Waals surface area contributed by atoms with Gasteiger partial charge in [0.05, 0.1) is 6.10 Å². The number of piperidine rings is 2. The summed E-state index contributed by atoms with van der Waals surface area (Å²) in [5.41, 5.74) is 0. The van der Waals surface area contributed by atoms with Gasteiger partial charge in [0.25, 0.3) is 0 Å². The summed E-state index contributed by atoms with van der Waals surface area (Å²) in [6.45, 7) is 3.05. The van der Waals surface area contributed by atoms with E-state index in [1.807, 2.05) is 4.90 Å². The van der Waals surface area contributed by atoms with Crippen LogP contribution >= 0.6 is 0 Å². The lowest BCUT2D eigenvalue weighted by molar-refractivity contribution is -0.119. The van der Waals surface area contributed by atoms with Gasteiger partial charge in [-0.1, -0.05) is 10.3 Å². The largest absolute Gasteiger partial charge is 0.393 e. The average Bonchev–Trinajstić information content (AvgIpc) is 3.70. The van der Waals surface area contributed by atoms with Gasteiger partial charge in [-0.05, 0) is 38.5 Å². The Morgan fingerprint density at radius 2 is 1.20 bits per heavy atom. The van der Waals surface area contributed by atoms with Gasteiger partial charge in [-0.15, -0.1) is 0 Å². The Bertz CT molecular complexity index is 856. The van der Waals surface area contributed by atoms with Crippen molar-refractivity contribution in [1.29, 1.82) is 0 Å². The third-order valence-corrected chi connectivity index (χ3v) is 6.07. The summed E-state index contributed by atoms with van der Waals surface area (Å²) in [5.74, 6) is 3.08. The normalized spacial score (nSPS) is 22.8. The molecular formula is C20H28N6O4. The van der Waals surface area contributed by atoms with Gasteiger partial charge >= 0.3 is 12.0 Å². The number of anilines is 2. The molecule has 4 heterocycles. The van der Waals surface area contributed by atoms with Crippen LogP contribution in [0.4, 0.5) is 12.0 Å². The van der Waals surface area contributed by atoms with Gasteiger partial charge in [-0.2, -0.15) is 9.97 Å². The number of rotatable bonds is 4. The van der Waals surface area contributed by atoms with Crippen LogP contribution in [0, 0.1) is 0 Å². The first-order valence-electron chi connectivity index (χ1n) is 11.0. The quantitative estimate of drug-likeness (QED) is 0.792. The molecule has 10 heteroatoms. The molecule has 162 valence electrons. The zero-order valence-electron chi connectivity index (χ0n) is 17.1. The number of carbonyl (C=O) groups is 1. The highest BCUT2D eigenvalue weighted by Crippen LogP contribution is 2.39. The van der Waals surface area contributed by atoms with Gasteiger partial charge in [0.15, 0.2) is 11.6 Å². The van der Waals surface area contributed by atoms with Crippen molar-refractivity contribution in [3.05, 3.63) is 11.6 Å². The molecule has 2 aromatic rings. The summed E-state index contributed by atoms with van der Waals surface area (Å²) in [7, 11) is 0. The van der Waals surface area contributed by atoms with Crippen LogP contribution in [-0.2, 0) is 4.79 Å². The zero-order valence-corrected chi connectivity index (χ0v) is 17.1. The fraction of sp³-hybridized carbons (Fsp3) is 0.750. The molecule has 2 aliphatic carbocycles. The Labute approximate surface area is 174 Å². The van der Waals surface area contributed by atoms with E-state index in [9.17, 15) is 9.90 Å². The van der Waals surface area contributed by atoms with Gasteiger partial charge in [0, 0.05) is 50.9 Å². The number of hydrogen-bond acceptors (Lipinski definition) is 10. The fourth-order valence-electron chi connectivity index (χ4n) is 3.73. The maximum Gasteiger partial charge on any atom is 0.324 e. The maximum atomic E-state index is 11.1. The molecule has 0 amide bonds. The lowest BCUT2D eigenvalue weighted by Crippen LogP contribution is -2.35. The van der Waals surface area contributed by atoms with Gasteiger partial charge < -0.3 is 24.0 Å². The molecule has 0 atom stereocenters. The number of nitrogens with zero attached hydrogens (tertiary/aromatic N) is 6. The first-order chi connectivity index (χ1) is 14.7. The molecule has 4 aliphatic rings. The summed E-state index contributed by atoms with van der Waals surface area (Å²) >= 11 is 0. The zero-order chi connectivity index (χ0) is 20.5. The van der Waals surface area contributed by atoms with Crippen molar-refractivity contribution in [2.24, 2.45) is 0 Å². The van der Waals surface area contributed by atoms with Crippen molar-refractivity contribution in [3.63, 3.8) is 0 Å². The monoisotopic (exact) mass is 416 g/mol. The molecule has 2 aromatic heterocycles. The molecule has 2 saturated carbocycles. The smallest absolute Gasteiger partial charge is 0.324 e. The highest BCUT2D eigenvalue weighted by atomic mass is 16.5. The van der Waals surface area contributed by atoms with Crippen LogP contribution in [0.1, 0.15) is 74.9 Å². The van der Waals surface area contributed by atoms with Crippen LogP contribution < -0.4 is 9.80 Å². The van der Waals surface area contributed by atoms with Crippen molar-refractivity contribution < 1.29 is 18.9 Å². The van der Waals surface area contributed by atoms with Crippen molar-refractivity contribution in [2.45, 2.75) is 69.3 Å². The molecule has 1 N–H and O–H groups in total. The minimum Gasteiger partial charge on any atom is -0.393 e. The first kappa shape index (κ1) is 19.5. The van der Waals surface area contributed by atoms with E-state index in [0.717, 1.165) is 37.6 Å². The van der Waals surface area contributed by atoms with E-state index in [1.165, 1.54) is 25.7 Å². The van der Waals surface area contributed by atoms with Crippen molar-refractivity contribution >= 4 is 17.8 Å². The Kier molecular flexibility index (Phi) is 5.41. The Morgan fingerprint density at radius 3 is 1.67 bits per heavy atom. The second kappa shape index (κ2) is 8.33. The highest BCUT2D eigenvalue weighted by Gasteiger charge is 2.31. The molecule has 2 saturated heterocycles. The Hall–Kier alpha value is -2.49. The molecule has 10 nitrogen and oxygen atoms in total. The predicted octanol–water partition coefficient (Wildman–Crippen LogP) is 2.02. The second-order valence-electron chi connectivity index (χ2n) is 8.66. The lowest BCUT2D eigenvalue weighted by Gasteiger charge is -2.27. The number of hydrogen-bond donors (Lipinski definition) is 1. The predicted molar refractivity (Wildman–Crippen MR) is 106 cm³/mol. The molecular weight excluding hydrogens is 388 g/mol. The molecule has 0 spiro atoms. The summed E-state index contributed by atoms with van der Waals surface area (Å²) in [4.78, 5) is 23.9. The topological polar surface area (TPSA) is 122 Å². The minimum atomic E-state index is -0.160. The van der Waals surface area contributed by atoms with E-state index in [4.69, 9.17) is 9.05 Å². The van der Waals surface area contributed by atoms with E-state index >= 15 is 0 Å². The summed E-state index contributed by atoms with van der Waals surface area (Å²) < 4.78 is 10.4. The number of carbonyl (C=O) groups excluding carboxylic acids is 1. The molecule has 2 aliphatic heterocycles. The molecule has 0 aromatic carbocycles. The van der Waals surface area contributed by atoms with E-state index in [-0.39, 0.29) is 6.10 Å². The number of aliphatic hydroxyl groups excluding tert-OH is 1. The van der Waals surface area contributed by atoms with Crippen molar-refractivity contribution in [2.75, 3.05) is 36.0 Å². The average molecular weight is 416 g/mol. The van der Waals surface area contributed by atoms with E-state index < -0.39 is 0 Å². The van der Waals surface area contributed by atoms with Gasteiger partial charge in [-0.25, -0.2) is 0 Å². The molecule has 0 unspecified atom stereocenters. The van der Waals surface area contributed by atoms with E-state index in [1.54, 1.807) is 0 Å². The second-order valence-corrected chi connectivity index (χ2v) is 8.66. The Morgan fingerprint density at radius 1 is 0.733 bits per heavy atom. The summed E-state index contributed by atoms with van der Waals surface area (Å²) in [6, 6.07) is 1.22. The highest BCUT2D eigenvalue weighted by molar-refractivity contribution is 5.80. The van der Waals surface area contributed by atoms with Crippen LogP contribution in [0.5, 0.6) is 0 Å². The first-order valence-corrected chi connectivity index (χ1v) is 11.0. The van der Waals surface area contributed by atoms with Gasteiger partial charge in [-0.3, -0.25) is 4.79 Å². The van der Waals surface area contributed by atoms with E-state index in [2.05, 4.69) is 25.2 Å². The minimum absolute atomic E-state index is 0.160. The van der Waals surface area contributed by atoms with Gasteiger partial charge in [0.2, 0.25) is 0 Å². The molecule has 30 heavy (non-hydrogen) atoms. The van der Waals surface area contributed by atoms with Crippen LogP contribution in [0.25, 0.3) is 0 Å². The molecule has 0 bridgehead atoms. The van der Waals surface area contributed by atoms with Crippen LogP contribution in [0.3, 0.4) is 0 Å². The van der Waals surface area contributed by atoms with Gasteiger partial charge in [0.1, 0.15) is 5.78 Å². The summed E-state index contributed by atoms with van der Waals surface area (Å²) in [5, 5.41) is 17.3. The van der Waals surface area contributed by atoms with Crippen molar-refractivity contribution in [1.82, 2.24) is 20.3 Å². The van der Waals surface area contributed by atoms with Crippen molar-refractivity contribution in [3.8, 4) is 0 Å². The van der Waals surface area contributed by atoms with Crippen LogP contribution in [0.15, 0.2) is 9.05 Å². The number of Topliss-reactive ketones (excluding diaryl/α,β-unsaturated/α-hetero) is 1. The molecule has 4 fully saturated rings. The maximum absolute atomic E-state index is 11.1. The number of aromatic nitrogens is 4. The Balaban J connectivity index is 0.000000128. The standard InChI is InChI=1S/C10H15N3O2.C10H13N3O2/c2*14-8-3-5-13(6-4-8)10-11-9(12-15-10)7-1-2-7/h7-8,14H,1-6H2;7H,1-6H2. The van der Waals surface area contributed by atoms with E-state index in [0.29, 0.717) is 55.6 Å². The SMILES string of the molecule is O=C1CCN(c2nc(C3CC3)no2)CC1.OC1CCN(c2nc(C3CC3)no2)CC1. The molecule has 0 radical (unpaired) electrons. The molecule has 6 rings (SSSR count). The number of aliphatic hydroxyl groups is 1. The third-order valence-electron chi connectivity index (χ3n) is 6.07. The number of ketones is 1. The van der Waals surface area contributed by atoms with Crippen LogP contribution in [0.2, 0.25) is 0 Å².